The van der Waals surface area contributed by atoms with Crippen LogP contribution in [0.3, 0.4) is 0 Å². The molecule has 27 heavy (non-hydrogen) atoms. The van der Waals surface area contributed by atoms with E-state index in [1.807, 2.05) is 39.8 Å². The number of aromatic nitrogens is 1. The molecule has 2 aromatic rings. The lowest BCUT2D eigenvalue weighted by Crippen LogP contribution is -2.44. The van der Waals surface area contributed by atoms with Gasteiger partial charge in [-0.25, -0.2) is 9.18 Å². The van der Waals surface area contributed by atoms with Gasteiger partial charge >= 0.3 is 6.09 Å². The van der Waals surface area contributed by atoms with Gasteiger partial charge in [-0.2, -0.15) is 0 Å². The zero-order valence-corrected chi connectivity index (χ0v) is 16.3. The Labute approximate surface area is 158 Å². The molecule has 0 spiro atoms. The predicted molar refractivity (Wildman–Crippen MR) is 103 cm³/mol. The van der Waals surface area contributed by atoms with E-state index >= 15 is 4.39 Å². The van der Waals surface area contributed by atoms with Crippen LogP contribution in [0.15, 0.2) is 24.3 Å². The van der Waals surface area contributed by atoms with Crippen molar-refractivity contribution in [2.45, 2.75) is 46.6 Å². The molecule has 6 heteroatoms. The fourth-order valence-electron chi connectivity index (χ4n) is 4.48. The Morgan fingerprint density at radius 3 is 2.59 bits per heavy atom. The Hall–Kier alpha value is -2.63. The first-order valence-electron chi connectivity index (χ1n) is 8.95. The molecule has 1 amide bonds. The van der Waals surface area contributed by atoms with Crippen LogP contribution in [0.2, 0.25) is 0 Å². The molecule has 1 heterocycles. The third-order valence-corrected chi connectivity index (χ3v) is 5.67. The molecule has 0 saturated carbocycles. The molecule has 2 N–H and O–H groups in total. The minimum absolute atomic E-state index is 0.281. The van der Waals surface area contributed by atoms with Crippen molar-refractivity contribution in [2.24, 2.45) is 17.1 Å². The van der Waals surface area contributed by atoms with Crippen LogP contribution in [0.1, 0.15) is 44.0 Å². The number of ether oxygens (including phenoxy) is 1. The van der Waals surface area contributed by atoms with Gasteiger partial charge < -0.3 is 10.5 Å². The number of halogens is 1. The average molecular weight is 372 g/mol. The lowest BCUT2D eigenvalue weighted by Gasteiger charge is -2.42. The van der Waals surface area contributed by atoms with Crippen molar-refractivity contribution in [3.63, 3.8) is 0 Å². The Morgan fingerprint density at radius 2 is 2.04 bits per heavy atom. The maximum Gasteiger partial charge on any atom is 0.405 e. The second kappa shape index (κ2) is 6.22. The first-order valence-corrected chi connectivity index (χ1v) is 8.95. The van der Waals surface area contributed by atoms with Gasteiger partial charge in [-0.3, -0.25) is 9.36 Å². The van der Waals surface area contributed by atoms with Gasteiger partial charge in [0.25, 0.3) is 0 Å². The fourth-order valence-corrected chi connectivity index (χ4v) is 4.48. The molecule has 1 aromatic carbocycles. The minimum atomic E-state index is -1.26. The quantitative estimate of drug-likeness (QED) is 0.643. The van der Waals surface area contributed by atoms with Crippen molar-refractivity contribution in [1.82, 2.24) is 4.57 Å². The molecular weight excluding hydrogens is 347 g/mol. The number of carbonyl (C=O) groups is 2. The summed E-state index contributed by atoms with van der Waals surface area (Å²) in [5.41, 5.74) is 6.21. The molecule has 1 aromatic heterocycles. The molecule has 5 nitrogen and oxygen atoms in total. The van der Waals surface area contributed by atoms with Gasteiger partial charge in [-0.1, -0.05) is 32.9 Å². The second-order valence-corrected chi connectivity index (χ2v) is 8.29. The van der Waals surface area contributed by atoms with Crippen molar-refractivity contribution in [3.8, 4) is 0 Å². The van der Waals surface area contributed by atoms with Crippen molar-refractivity contribution in [2.75, 3.05) is 0 Å². The summed E-state index contributed by atoms with van der Waals surface area (Å²) in [6.07, 6.45) is 3.94. The van der Waals surface area contributed by atoms with E-state index in [4.69, 9.17) is 10.5 Å². The van der Waals surface area contributed by atoms with Crippen molar-refractivity contribution in [1.29, 1.82) is 0 Å². The SMILES string of the molecule is Cc1c(C)n(C=O)c2ccc(F)c(C3(OC(N)=O)CC=CC3C(C)(C)C)c12. The summed E-state index contributed by atoms with van der Waals surface area (Å²) in [6.45, 7) is 9.69. The topological polar surface area (TPSA) is 74.3 Å². The molecule has 0 saturated heterocycles. The maximum absolute atomic E-state index is 15.3. The molecule has 0 radical (unpaired) electrons. The molecule has 0 aliphatic heterocycles. The first kappa shape index (κ1) is 19.1. The van der Waals surface area contributed by atoms with Gasteiger partial charge in [0.2, 0.25) is 6.41 Å². The fraction of sp³-hybridized carbons (Fsp3) is 0.429. The van der Waals surface area contributed by atoms with E-state index in [2.05, 4.69) is 0 Å². The molecule has 1 aliphatic carbocycles. The highest BCUT2D eigenvalue weighted by Gasteiger charge is 2.52. The van der Waals surface area contributed by atoms with E-state index < -0.39 is 17.5 Å². The highest BCUT2D eigenvalue weighted by molar-refractivity contribution is 5.93. The largest absolute Gasteiger partial charge is 0.437 e. The summed E-state index contributed by atoms with van der Waals surface area (Å²) in [6, 6.07) is 2.90. The van der Waals surface area contributed by atoms with E-state index in [-0.39, 0.29) is 16.9 Å². The Morgan fingerprint density at radius 1 is 1.37 bits per heavy atom. The van der Waals surface area contributed by atoms with Gasteiger partial charge in [-0.05, 0) is 37.0 Å². The average Bonchev–Trinajstić information content (AvgIpc) is 3.08. The van der Waals surface area contributed by atoms with Crippen LogP contribution in [-0.2, 0) is 15.1 Å². The molecule has 0 fully saturated rings. The molecule has 0 bridgehead atoms. The molecule has 2 unspecified atom stereocenters. The number of fused-ring (bicyclic) bond motifs is 1. The number of nitrogens with zero attached hydrogens (tertiary/aromatic N) is 1. The smallest absolute Gasteiger partial charge is 0.405 e. The maximum atomic E-state index is 15.3. The number of carbonyl (C=O) groups excluding carboxylic acids is 2. The highest BCUT2D eigenvalue weighted by atomic mass is 19.1. The van der Waals surface area contributed by atoms with Crippen LogP contribution in [0.4, 0.5) is 9.18 Å². The number of benzene rings is 1. The van der Waals surface area contributed by atoms with Crippen LogP contribution >= 0.6 is 0 Å². The van der Waals surface area contributed by atoms with E-state index in [9.17, 15) is 9.59 Å². The summed E-state index contributed by atoms with van der Waals surface area (Å²) in [7, 11) is 0. The van der Waals surface area contributed by atoms with E-state index in [0.717, 1.165) is 11.3 Å². The number of amides is 1. The van der Waals surface area contributed by atoms with Crippen molar-refractivity contribution >= 4 is 23.4 Å². The van der Waals surface area contributed by atoms with Gasteiger partial charge in [0, 0.05) is 29.0 Å². The monoisotopic (exact) mass is 372 g/mol. The summed E-state index contributed by atoms with van der Waals surface area (Å²) < 4.78 is 22.5. The van der Waals surface area contributed by atoms with Gasteiger partial charge in [-0.15, -0.1) is 0 Å². The first-order chi connectivity index (χ1) is 12.5. The number of hydrogen-bond acceptors (Lipinski definition) is 3. The number of hydrogen-bond donors (Lipinski definition) is 1. The zero-order valence-electron chi connectivity index (χ0n) is 16.3. The minimum Gasteiger partial charge on any atom is -0.437 e. The molecule has 2 atom stereocenters. The summed E-state index contributed by atoms with van der Waals surface area (Å²) >= 11 is 0. The summed E-state index contributed by atoms with van der Waals surface area (Å²) in [4.78, 5) is 23.5. The Balaban J connectivity index is 2.44. The van der Waals surface area contributed by atoms with Crippen LogP contribution in [0.5, 0.6) is 0 Å². The molecule has 3 rings (SSSR count). The summed E-state index contributed by atoms with van der Waals surface area (Å²) in [5, 5.41) is 0.596. The predicted octanol–water partition coefficient (Wildman–Crippen LogP) is 4.35. The number of primary amides is 1. The van der Waals surface area contributed by atoms with Crippen molar-refractivity contribution < 1.29 is 18.7 Å². The molecular formula is C21H25FN2O3. The third kappa shape index (κ3) is 2.74. The number of nitrogens with two attached hydrogens (primary N) is 1. The van der Waals surface area contributed by atoms with Crippen LogP contribution in [-0.4, -0.2) is 17.1 Å². The van der Waals surface area contributed by atoms with Gasteiger partial charge in [0.15, 0.2) is 5.60 Å². The van der Waals surface area contributed by atoms with E-state index in [1.165, 1.54) is 10.6 Å². The van der Waals surface area contributed by atoms with Gasteiger partial charge in [0.05, 0.1) is 5.52 Å². The standard InChI is InChI=1S/C21H25FN2O3/c1-12-13(2)24(11-25)15-9-8-14(22)18(17(12)15)21(27-19(23)26)10-6-7-16(21)20(3,4)5/h6-9,11,16H,10H2,1-5H3,(H2,23,26). The van der Waals surface area contributed by atoms with Gasteiger partial charge in [0.1, 0.15) is 5.82 Å². The molecule has 1 aliphatic rings. The molecule has 144 valence electrons. The zero-order chi connectivity index (χ0) is 20.1. The highest BCUT2D eigenvalue weighted by Crippen LogP contribution is 2.53. The normalized spacial score (nSPS) is 22.4. The van der Waals surface area contributed by atoms with Crippen LogP contribution in [0.25, 0.3) is 10.9 Å². The van der Waals surface area contributed by atoms with Crippen LogP contribution < -0.4 is 5.73 Å². The lowest BCUT2D eigenvalue weighted by molar-refractivity contribution is -0.0445. The third-order valence-electron chi connectivity index (χ3n) is 5.67. The number of rotatable bonds is 3. The summed E-state index contributed by atoms with van der Waals surface area (Å²) in [5.74, 6) is -0.760. The number of aryl methyl sites for hydroxylation is 1. The lowest BCUT2D eigenvalue weighted by atomic mass is 9.68. The second-order valence-electron chi connectivity index (χ2n) is 8.29. The Bertz CT molecular complexity index is 968. The Kier molecular flexibility index (Phi) is 4.41. The van der Waals surface area contributed by atoms with E-state index in [0.29, 0.717) is 23.7 Å². The van der Waals surface area contributed by atoms with E-state index in [1.54, 1.807) is 13.0 Å². The van der Waals surface area contributed by atoms with Crippen LogP contribution in [0, 0.1) is 31.0 Å². The van der Waals surface area contributed by atoms with Crippen molar-refractivity contribution in [3.05, 3.63) is 46.9 Å².